The number of nitro benzene ring substituents is 1. The van der Waals surface area contributed by atoms with Crippen LogP contribution >= 0.6 is 0 Å². The first-order valence-electron chi connectivity index (χ1n) is 10.9. The minimum absolute atomic E-state index is 0.0198. The average Bonchev–Trinajstić information content (AvgIpc) is 2.84. The molecule has 1 amide bonds. The largest absolute Gasteiger partial charge is 0.491 e. The first-order chi connectivity index (χ1) is 16.4. The lowest BCUT2D eigenvalue weighted by Crippen LogP contribution is -2.39. The normalized spacial score (nSPS) is 13.6. The SMILES string of the molecule is O=C(Nc1cccc2c1CCCN2CC(O)COc1cccc([N+](=O)[O-])c1)c1ccc(F)cc1. The van der Waals surface area contributed by atoms with E-state index in [0.717, 1.165) is 30.6 Å². The molecule has 1 atom stereocenters. The van der Waals surface area contributed by atoms with Crippen LogP contribution in [0.15, 0.2) is 66.7 Å². The molecule has 176 valence electrons. The van der Waals surface area contributed by atoms with Crippen LogP contribution in [0.5, 0.6) is 5.75 Å². The first kappa shape index (κ1) is 23.2. The van der Waals surface area contributed by atoms with Gasteiger partial charge in [-0.3, -0.25) is 14.9 Å². The average molecular weight is 465 g/mol. The monoisotopic (exact) mass is 465 g/mol. The number of ether oxygens (including phenoxy) is 1. The van der Waals surface area contributed by atoms with Crippen molar-refractivity contribution in [2.24, 2.45) is 0 Å². The zero-order valence-corrected chi connectivity index (χ0v) is 18.3. The van der Waals surface area contributed by atoms with Gasteiger partial charge in [0.25, 0.3) is 11.6 Å². The van der Waals surface area contributed by atoms with Gasteiger partial charge in [-0.1, -0.05) is 12.1 Å². The van der Waals surface area contributed by atoms with Gasteiger partial charge >= 0.3 is 0 Å². The van der Waals surface area contributed by atoms with Crippen molar-refractivity contribution in [2.45, 2.75) is 18.9 Å². The number of benzene rings is 3. The molecular weight excluding hydrogens is 441 g/mol. The Labute approximate surface area is 195 Å². The molecule has 4 rings (SSSR count). The van der Waals surface area contributed by atoms with Crippen molar-refractivity contribution in [3.05, 3.63) is 93.8 Å². The van der Waals surface area contributed by atoms with Crippen molar-refractivity contribution in [1.29, 1.82) is 0 Å². The molecule has 0 bridgehead atoms. The third-order valence-electron chi connectivity index (χ3n) is 5.60. The lowest BCUT2D eigenvalue weighted by molar-refractivity contribution is -0.384. The van der Waals surface area contributed by atoms with Gasteiger partial charge in [-0.25, -0.2) is 4.39 Å². The van der Waals surface area contributed by atoms with E-state index in [0.29, 0.717) is 23.5 Å². The molecule has 3 aromatic carbocycles. The highest BCUT2D eigenvalue weighted by Gasteiger charge is 2.23. The van der Waals surface area contributed by atoms with Gasteiger partial charge in [-0.15, -0.1) is 0 Å². The fraction of sp³-hybridized carbons (Fsp3) is 0.240. The predicted molar refractivity (Wildman–Crippen MR) is 126 cm³/mol. The Morgan fingerprint density at radius 1 is 1.18 bits per heavy atom. The van der Waals surface area contributed by atoms with E-state index >= 15 is 0 Å². The van der Waals surface area contributed by atoms with Gasteiger partial charge in [0.1, 0.15) is 24.3 Å². The summed E-state index contributed by atoms with van der Waals surface area (Å²) in [6, 6.07) is 16.8. The van der Waals surface area contributed by atoms with Crippen molar-refractivity contribution in [3.8, 4) is 5.75 Å². The van der Waals surface area contributed by atoms with Gasteiger partial charge in [0.15, 0.2) is 0 Å². The summed E-state index contributed by atoms with van der Waals surface area (Å²) >= 11 is 0. The molecule has 1 heterocycles. The summed E-state index contributed by atoms with van der Waals surface area (Å²) in [5.74, 6) is -0.411. The number of carbonyl (C=O) groups excluding carboxylic acids is 1. The minimum atomic E-state index is -0.831. The summed E-state index contributed by atoms with van der Waals surface area (Å²) < 4.78 is 18.7. The fourth-order valence-corrected chi connectivity index (χ4v) is 3.99. The summed E-state index contributed by atoms with van der Waals surface area (Å²) in [6.07, 6.45) is 0.781. The maximum atomic E-state index is 13.2. The van der Waals surface area contributed by atoms with Gasteiger partial charge in [0.05, 0.1) is 11.0 Å². The second kappa shape index (κ2) is 10.3. The Bertz CT molecular complexity index is 1190. The quantitative estimate of drug-likeness (QED) is 0.382. The van der Waals surface area contributed by atoms with Crippen LogP contribution in [0, 0.1) is 15.9 Å². The van der Waals surface area contributed by atoms with E-state index in [1.807, 2.05) is 23.1 Å². The molecule has 3 aromatic rings. The molecule has 8 nitrogen and oxygen atoms in total. The maximum absolute atomic E-state index is 13.2. The van der Waals surface area contributed by atoms with E-state index in [2.05, 4.69) is 5.32 Å². The van der Waals surface area contributed by atoms with Crippen LogP contribution < -0.4 is 15.0 Å². The van der Waals surface area contributed by atoms with Gasteiger partial charge in [-0.05, 0) is 60.9 Å². The third-order valence-corrected chi connectivity index (χ3v) is 5.60. The number of nitrogens with zero attached hydrogens (tertiary/aromatic N) is 2. The van der Waals surface area contributed by atoms with Crippen LogP contribution in [-0.2, 0) is 6.42 Å². The molecule has 0 saturated carbocycles. The highest BCUT2D eigenvalue weighted by Crippen LogP contribution is 2.33. The van der Waals surface area contributed by atoms with Crippen LogP contribution in [0.1, 0.15) is 22.3 Å². The molecule has 34 heavy (non-hydrogen) atoms. The molecule has 1 aliphatic rings. The lowest BCUT2D eigenvalue weighted by Gasteiger charge is -2.34. The van der Waals surface area contributed by atoms with E-state index < -0.39 is 16.8 Å². The molecule has 9 heteroatoms. The molecule has 0 aliphatic carbocycles. The number of rotatable bonds is 8. The van der Waals surface area contributed by atoms with Crippen LogP contribution in [0.4, 0.5) is 21.5 Å². The molecule has 0 radical (unpaired) electrons. The first-order valence-corrected chi connectivity index (χ1v) is 10.9. The van der Waals surface area contributed by atoms with Gasteiger partial charge in [0, 0.05) is 36.1 Å². The Morgan fingerprint density at radius 3 is 2.71 bits per heavy atom. The number of carbonyl (C=O) groups is 1. The van der Waals surface area contributed by atoms with Gasteiger partial charge in [0.2, 0.25) is 0 Å². The number of non-ortho nitro benzene ring substituents is 1. The summed E-state index contributed by atoms with van der Waals surface area (Å²) in [4.78, 5) is 25.1. The van der Waals surface area contributed by atoms with Crippen LogP contribution in [-0.4, -0.2) is 41.7 Å². The van der Waals surface area contributed by atoms with Gasteiger partial charge in [-0.2, -0.15) is 0 Å². The Balaban J connectivity index is 1.42. The Hall–Kier alpha value is -3.98. The van der Waals surface area contributed by atoms with Crippen molar-refractivity contribution < 1.29 is 24.0 Å². The van der Waals surface area contributed by atoms with Gasteiger partial charge < -0.3 is 20.1 Å². The summed E-state index contributed by atoms with van der Waals surface area (Å²) in [5, 5.41) is 24.4. The molecular formula is C25H24FN3O5. The van der Waals surface area contributed by atoms with E-state index in [1.54, 1.807) is 6.07 Å². The number of anilines is 2. The predicted octanol–water partition coefficient (Wildman–Crippen LogP) is 4.18. The highest BCUT2D eigenvalue weighted by atomic mass is 19.1. The van der Waals surface area contributed by atoms with Crippen molar-refractivity contribution in [3.63, 3.8) is 0 Å². The standard InChI is InChI=1S/C25H24FN3O5/c26-18-11-9-17(10-12-18)25(31)27-23-7-2-8-24-22(23)6-3-13-28(24)15-20(30)16-34-21-5-1-4-19(14-21)29(32)33/h1-2,4-5,7-12,14,20,30H,3,6,13,15-16H2,(H,27,31). The Kier molecular flexibility index (Phi) is 7.03. The number of hydrogen-bond donors (Lipinski definition) is 2. The third kappa shape index (κ3) is 5.49. The Morgan fingerprint density at radius 2 is 1.94 bits per heavy atom. The molecule has 0 aromatic heterocycles. The maximum Gasteiger partial charge on any atom is 0.273 e. The molecule has 2 N–H and O–H groups in total. The number of aliphatic hydroxyl groups excluding tert-OH is 1. The molecule has 1 aliphatic heterocycles. The molecule has 0 spiro atoms. The number of fused-ring (bicyclic) bond motifs is 1. The summed E-state index contributed by atoms with van der Waals surface area (Å²) in [6.45, 7) is 1.02. The number of amides is 1. The van der Waals surface area contributed by atoms with Crippen molar-refractivity contribution >= 4 is 23.0 Å². The highest BCUT2D eigenvalue weighted by molar-refractivity contribution is 6.05. The number of nitro groups is 1. The van der Waals surface area contributed by atoms with E-state index in [9.17, 15) is 24.4 Å². The fourth-order valence-electron chi connectivity index (χ4n) is 3.99. The molecule has 0 saturated heterocycles. The zero-order valence-electron chi connectivity index (χ0n) is 18.3. The minimum Gasteiger partial charge on any atom is -0.491 e. The lowest BCUT2D eigenvalue weighted by atomic mass is 9.99. The van der Waals surface area contributed by atoms with E-state index in [4.69, 9.17) is 4.74 Å². The number of aliphatic hydroxyl groups is 1. The summed E-state index contributed by atoms with van der Waals surface area (Å²) in [7, 11) is 0. The number of β-amino-alcohol motifs (C(OH)–C–C–N with tert-alkyl or cyclic N) is 1. The van der Waals surface area contributed by atoms with Crippen LogP contribution in [0.2, 0.25) is 0 Å². The number of nitrogens with one attached hydrogen (secondary N) is 1. The molecule has 1 unspecified atom stereocenters. The van der Waals surface area contributed by atoms with E-state index in [-0.39, 0.29) is 18.2 Å². The molecule has 0 fully saturated rings. The summed E-state index contributed by atoms with van der Waals surface area (Å²) in [5.41, 5.74) is 2.85. The van der Waals surface area contributed by atoms with Crippen molar-refractivity contribution in [2.75, 3.05) is 29.9 Å². The van der Waals surface area contributed by atoms with Crippen LogP contribution in [0.25, 0.3) is 0 Å². The number of hydrogen-bond acceptors (Lipinski definition) is 6. The van der Waals surface area contributed by atoms with E-state index in [1.165, 1.54) is 42.5 Å². The topological polar surface area (TPSA) is 105 Å². The second-order valence-electron chi connectivity index (χ2n) is 8.03. The smallest absolute Gasteiger partial charge is 0.273 e. The zero-order chi connectivity index (χ0) is 24.1. The second-order valence-corrected chi connectivity index (χ2v) is 8.03. The van der Waals surface area contributed by atoms with Crippen molar-refractivity contribution in [1.82, 2.24) is 0 Å². The van der Waals surface area contributed by atoms with Crippen LogP contribution in [0.3, 0.4) is 0 Å². The number of halogens is 1.